The third-order valence-electron chi connectivity index (χ3n) is 9.93. The molecule has 1 aromatic heterocycles. The van der Waals surface area contributed by atoms with Gasteiger partial charge in [0.05, 0.1) is 16.6 Å². The van der Waals surface area contributed by atoms with Crippen LogP contribution in [0.15, 0.2) is 121 Å². The van der Waals surface area contributed by atoms with Crippen molar-refractivity contribution in [2.45, 2.75) is 44.1 Å². The smallest absolute Gasteiger partial charge is 0.0541 e. The highest BCUT2D eigenvalue weighted by molar-refractivity contribution is 6.09. The second kappa shape index (κ2) is 8.10. The molecule has 2 atom stereocenters. The molecule has 0 radical (unpaired) electrons. The van der Waals surface area contributed by atoms with E-state index in [0.717, 1.165) is 0 Å². The third kappa shape index (κ3) is 3.03. The fraction of sp³-hybridized carbons (Fsp3) is 0.189. The van der Waals surface area contributed by atoms with Gasteiger partial charge in [-0.25, -0.2) is 0 Å². The van der Waals surface area contributed by atoms with Crippen molar-refractivity contribution in [3.63, 3.8) is 0 Å². The van der Waals surface area contributed by atoms with Crippen LogP contribution >= 0.6 is 0 Å². The van der Waals surface area contributed by atoms with E-state index < -0.39 is 0 Å². The van der Waals surface area contributed by atoms with Crippen LogP contribution < -0.4 is 4.90 Å². The Balaban J connectivity index is 1.16. The number of hydrogen-bond donors (Lipinski definition) is 0. The maximum absolute atomic E-state index is 2.63. The highest BCUT2D eigenvalue weighted by Crippen LogP contribution is 2.62. The van der Waals surface area contributed by atoms with Crippen molar-refractivity contribution in [2.24, 2.45) is 0 Å². The van der Waals surface area contributed by atoms with E-state index in [1.165, 1.54) is 74.8 Å². The molecule has 6 aromatic rings. The van der Waals surface area contributed by atoms with Crippen LogP contribution in [0, 0.1) is 0 Å². The summed E-state index contributed by atoms with van der Waals surface area (Å²) in [5.41, 5.74) is 10.7. The Labute approximate surface area is 230 Å². The molecule has 0 N–H and O–H groups in total. The van der Waals surface area contributed by atoms with Crippen molar-refractivity contribution in [3.8, 4) is 16.8 Å². The van der Waals surface area contributed by atoms with E-state index in [2.05, 4.69) is 145 Å². The maximum atomic E-state index is 2.63. The van der Waals surface area contributed by atoms with Gasteiger partial charge in [0.1, 0.15) is 0 Å². The Morgan fingerprint density at radius 3 is 1.72 bits per heavy atom. The first kappa shape index (κ1) is 22.7. The highest BCUT2D eigenvalue weighted by Gasteiger charge is 2.59. The van der Waals surface area contributed by atoms with Gasteiger partial charge in [-0.05, 0) is 78.9 Å². The number of benzene rings is 5. The summed E-state index contributed by atoms with van der Waals surface area (Å²) in [5, 5.41) is 2.59. The van der Waals surface area contributed by atoms with Crippen LogP contribution in [0.3, 0.4) is 0 Å². The summed E-state index contributed by atoms with van der Waals surface area (Å²) in [4.78, 5) is 2.63. The summed E-state index contributed by atoms with van der Waals surface area (Å²) in [7, 11) is 0. The predicted octanol–water partition coefficient (Wildman–Crippen LogP) is 9.80. The first-order chi connectivity index (χ1) is 19.1. The average Bonchev–Trinajstić information content (AvgIpc) is 3.54. The van der Waals surface area contributed by atoms with E-state index >= 15 is 0 Å². The molecule has 0 spiro atoms. The molecule has 2 unspecified atom stereocenters. The second-order valence-corrected chi connectivity index (χ2v) is 11.8. The number of aromatic nitrogens is 1. The molecule has 5 aromatic carbocycles. The molecule has 1 fully saturated rings. The first-order valence-electron chi connectivity index (χ1n) is 14.2. The number of para-hydroxylation sites is 3. The van der Waals surface area contributed by atoms with Crippen molar-refractivity contribution in [1.29, 1.82) is 0 Å². The van der Waals surface area contributed by atoms with Gasteiger partial charge in [0, 0.05) is 33.2 Å². The topological polar surface area (TPSA) is 8.17 Å². The molecular formula is C37H32N2. The van der Waals surface area contributed by atoms with E-state index in [1.54, 1.807) is 0 Å². The lowest BCUT2D eigenvalue weighted by Crippen LogP contribution is -2.48. The Morgan fingerprint density at radius 1 is 0.538 bits per heavy atom. The number of hydrogen-bond acceptors (Lipinski definition) is 1. The van der Waals surface area contributed by atoms with Crippen LogP contribution in [0.4, 0.5) is 11.4 Å². The molecule has 0 bridgehead atoms. The molecule has 1 aliphatic heterocycles. The standard InChI is InChI=1S/C37H32N2/c1-36-24-9-25-37(36,2)39(35-15-8-5-12-32(35)36)29-22-18-27(19-23-29)26-16-20-28(21-17-26)38-33-13-6-3-10-30(33)31-11-4-7-14-34(31)38/h3-8,10-23H,9,24-25H2,1-2H3. The molecule has 2 heteroatoms. The number of rotatable bonds is 3. The van der Waals surface area contributed by atoms with Gasteiger partial charge in [0.15, 0.2) is 0 Å². The molecule has 8 rings (SSSR count). The Hall–Kier alpha value is -4.30. The monoisotopic (exact) mass is 504 g/mol. The minimum Gasteiger partial charge on any atom is -0.334 e. The van der Waals surface area contributed by atoms with E-state index in [4.69, 9.17) is 0 Å². The van der Waals surface area contributed by atoms with Gasteiger partial charge in [0.25, 0.3) is 0 Å². The maximum Gasteiger partial charge on any atom is 0.0541 e. The van der Waals surface area contributed by atoms with Gasteiger partial charge < -0.3 is 9.47 Å². The zero-order chi connectivity index (χ0) is 26.2. The third-order valence-corrected chi connectivity index (χ3v) is 9.93. The Bertz CT molecular complexity index is 1810. The predicted molar refractivity (Wildman–Crippen MR) is 164 cm³/mol. The minimum absolute atomic E-state index is 0.113. The molecule has 2 nitrogen and oxygen atoms in total. The van der Waals surface area contributed by atoms with Gasteiger partial charge in [-0.3, -0.25) is 0 Å². The van der Waals surface area contributed by atoms with Crippen LogP contribution in [0.2, 0.25) is 0 Å². The molecule has 1 aliphatic carbocycles. The van der Waals surface area contributed by atoms with Gasteiger partial charge in [-0.1, -0.05) is 92.2 Å². The average molecular weight is 505 g/mol. The van der Waals surface area contributed by atoms with Crippen LogP contribution in [0.1, 0.15) is 38.7 Å². The Kier molecular flexibility index (Phi) is 4.71. The van der Waals surface area contributed by atoms with Gasteiger partial charge >= 0.3 is 0 Å². The normalized spacial score (nSPS) is 21.9. The van der Waals surface area contributed by atoms with E-state index in [9.17, 15) is 0 Å². The van der Waals surface area contributed by atoms with Crippen molar-refractivity contribution in [3.05, 3.63) is 127 Å². The van der Waals surface area contributed by atoms with Gasteiger partial charge in [-0.15, -0.1) is 0 Å². The summed E-state index contributed by atoms with van der Waals surface area (Å²) in [6.45, 7) is 4.95. The molecule has 190 valence electrons. The summed E-state index contributed by atoms with van der Waals surface area (Å²) in [6, 6.07) is 44.7. The van der Waals surface area contributed by atoms with Crippen molar-refractivity contribution >= 4 is 33.2 Å². The quantitative estimate of drug-likeness (QED) is 0.233. The number of fused-ring (bicyclic) bond motifs is 6. The lowest BCUT2D eigenvalue weighted by molar-refractivity contribution is 0.330. The zero-order valence-corrected chi connectivity index (χ0v) is 22.6. The van der Waals surface area contributed by atoms with Crippen LogP contribution in [-0.4, -0.2) is 10.1 Å². The van der Waals surface area contributed by atoms with E-state index in [-0.39, 0.29) is 11.0 Å². The summed E-state index contributed by atoms with van der Waals surface area (Å²) >= 11 is 0. The molecule has 39 heavy (non-hydrogen) atoms. The fourth-order valence-electron chi connectivity index (χ4n) is 7.75. The van der Waals surface area contributed by atoms with Crippen molar-refractivity contribution < 1.29 is 0 Å². The largest absolute Gasteiger partial charge is 0.334 e. The van der Waals surface area contributed by atoms with E-state index in [0.29, 0.717) is 0 Å². The SMILES string of the molecule is CC12CCCC1(C)N(c1ccc(-c3ccc(-n4c5ccccc5c5ccccc54)cc3)cc1)c1ccccc12. The molecular weight excluding hydrogens is 472 g/mol. The summed E-state index contributed by atoms with van der Waals surface area (Å²) in [6.07, 6.45) is 3.77. The molecule has 0 amide bonds. The van der Waals surface area contributed by atoms with Crippen LogP contribution in [0.25, 0.3) is 38.6 Å². The lowest BCUT2D eigenvalue weighted by atomic mass is 9.72. The molecule has 0 saturated heterocycles. The second-order valence-electron chi connectivity index (χ2n) is 11.8. The summed E-state index contributed by atoms with van der Waals surface area (Å²) in [5.74, 6) is 0. The lowest BCUT2D eigenvalue weighted by Gasteiger charge is -2.42. The van der Waals surface area contributed by atoms with Gasteiger partial charge in [0.2, 0.25) is 0 Å². The van der Waals surface area contributed by atoms with Crippen molar-refractivity contribution in [2.75, 3.05) is 4.90 Å². The fourth-order valence-corrected chi connectivity index (χ4v) is 7.75. The van der Waals surface area contributed by atoms with Crippen LogP contribution in [0.5, 0.6) is 0 Å². The molecule has 2 aliphatic rings. The zero-order valence-electron chi connectivity index (χ0n) is 22.6. The summed E-state index contributed by atoms with van der Waals surface area (Å²) < 4.78 is 2.38. The molecule has 2 heterocycles. The minimum atomic E-state index is 0.113. The highest BCUT2D eigenvalue weighted by atomic mass is 15.3. The van der Waals surface area contributed by atoms with E-state index in [1.807, 2.05) is 0 Å². The molecule has 1 saturated carbocycles. The van der Waals surface area contributed by atoms with Gasteiger partial charge in [-0.2, -0.15) is 0 Å². The first-order valence-corrected chi connectivity index (χ1v) is 14.2. The Morgan fingerprint density at radius 2 is 1.08 bits per heavy atom. The number of nitrogens with zero attached hydrogens (tertiary/aromatic N) is 2. The number of anilines is 2. The van der Waals surface area contributed by atoms with Crippen molar-refractivity contribution in [1.82, 2.24) is 4.57 Å². The van der Waals surface area contributed by atoms with Crippen LogP contribution in [-0.2, 0) is 5.41 Å².